The van der Waals surface area contributed by atoms with Crippen LogP contribution >= 0.6 is 0 Å². The van der Waals surface area contributed by atoms with Crippen LogP contribution in [0.1, 0.15) is 37.4 Å². The van der Waals surface area contributed by atoms with Crippen molar-refractivity contribution in [3.05, 3.63) is 35.5 Å². The van der Waals surface area contributed by atoms with Crippen molar-refractivity contribution in [1.82, 2.24) is 9.88 Å². The molecule has 2 heterocycles. The third kappa shape index (κ3) is 2.44. The van der Waals surface area contributed by atoms with E-state index in [0.29, 0.717) is 6.04 Å². The summed E-state index contributed by atoms with van der Waals surface area (Å²) < 4.78 is 2.35. The van der Waals surface area contributed by atoms with E-state index in [9.17, 15) is 0 Å². The summed E-state index contributed by atoms with van der Waals surface area (Å²) in [6.07, 6.45) is 4.95. The number of aryl methyl sites for hydroxylation is 2. The quantitative estimate of drug-likeness (QED) is 0.924. The Balaban J connectivity index is 1.87. The molecule has 1 atom stereocenters. The topological polar surface area (TPSA) is 40.8 Å². The molecular formula is C17H21N3. The van der Waals surface area contributed by atoms with Crippen LogP contribution < -0.4 is 5.32 Å². The van der Waals surface area contributed by atoms with Gasteiger partial charge in [0.25, 0.3) is 0 Å². The molecule has 0 spiro atoms. The molecule has 1 N–H and O–H groups in total. The molecule has 0 aliphatic carbocycles. The molecule has 1 aromatic carbocycles. The molecule has 1 aromatic heterocycles. The highest BCUT2D eigenvalue weighted by molar-refractivity contribution is 5.82. The lowest BCUT2D eigenvalue weighted by molar-refractivity contribution is 0.547. The predicted molar refractivity (Wildman–Crippen MR) is 81.7 cm³/mol. The molecular weight excluding hydrogens is 246 g/mol. The van der Waals surface area contributed by atoms with Crippen LogP contribution in [0.5, 0.6) is 0 Å². The summed E-state index contributed by atoms with van der Waals surface area (Å²) in [5.41, 5.74) is 3.33. The van der Waals surface area contributed by atoms with Gasteiger partial charge >= 0.3 is 0 Å². The maximum atomic E-state index is 9.05. The largest absolute Gasteiger partial charge is 0.345 e. The van der Waals surface area contributed by atoms with Crippen molar-refractivity contribution in [1.29, 1.82) is 5.26 Å². The van der Waals surface area contributed by atoms with Gasteiger partial charge in [0, 0.05) is 23.8 Å². The summed E-state index contributed by atoms with van der Waals surface area (Å²) in [6.45, 7) is 4.31. The van der Waals surface area contributed by atoms with Crippen LogP contribution in [-0.4, -0.2) is 17.2 Å². The van der Waals surface area contributed by atoms with Gasteiger partial charge in [0.1, 0.15) is 0 Å². The molecule has 3 nitrogen and oxygen atoms in total. The number of nitrogens with zero attached hydrogens (tertiary/aromatic N) is 2. The van der Waals surface area contributed by atoms with Crippen LogP contribution in [0.25, 0.3) is 10.9 Å². The van der Waals surface area contributed by atoms with E-state index in [1.807, 2.05) is 12.1 Å². The maximum Gasteiger partial charge on any atom is 0.0992 e. The zero-order valence-electron chi connectivity index (χ0n) is 12.0. The van der Waals surface area contributed by atoms with Gasteiger partial charge in [-0.3, -0.25) is 0 Å². The van der Waals surface area contributed by atoms with Crippen LogP contribution in [-0.2, 0) is 13.0 Å². The molecule has 1 aliphatic heterocycles. The first-order valence-electron chi connectivity index (χ1n) is 7.57. The van der Waals surface area contributed by atoms with Gasteiger partial charge in [-0.25, -0.2) is 0 Å². The normalized spacial score (nSPS) is 18.5. The Morgan fingerprint density at radius 1 is 1.40 bits per heavy atom. The van der Waals surface area contributed by atoms with E-state index in [2.05, 4.69) is 35.0 Å². The third-order valence-electron chi connectivity index (χ3n) is 4.35. The molecule has 1 saturated heterocycles. The molecule has 0 radical (unpaired) electrons. The molecule has 0 bridgehead atoms. The Hall–Kier alpha value is -1.79. The molecule has 1 fully saturated rings. The number of hydrogen-bond donors (Lipinski definition) is 1. The number of nitriles is 1. The highest BCUT2D eigenvalue weighted by Gasteiger charge is 2.15. The number of nitrogens with one attached hydrogen (secondary N) is 1. The van der Waals surface area contributed by atoms with Crippen molar-refractivity contribution in [2.24, 2.45) is 0 Å². The minimum absolute atomic E-state index is 0.688. The standard InChI is InChI=1S/C17H21N3/c1-2-20-16(8-7-15-4-3-9-19-15)11-14-6-5-13(12-18)10-17(14)20/h5-6,10-11,15,19H,2-4,7-9H2,1H3/t15-/m0/s1. The van der Waals surface area contributed by atoms with Gasteiger partial charge in [-0.2, -0.15) is 5.26 Å². The average Bonchev–Trinajstić information content (AvgIpc) is 3.11. The second-order valence-corrected chi connectivity index (χ2v) is 5.60. The second kappa shape index (κ2) is 5.68. The number of aromatic nitrogens is 1. The molecule has 0 amide bonds. The fourth-order valence-electron chi connectivity index (χ4n) is 3.29. The van der Waals surface area contributed by atoms with Gasteiger partial charge in [-0.05, 0) is 62.7 Å². The Morgan fingerprint density at radius 3 is 3.00 bits per heavy atom. The van der Waals surface area contributed by atoms with Gasteiger partial charge in [0.15, 0.2) is 0 Å². The molecule has 2 aromatic rings. The van der Waals surface area contributed by atoms with Crippen LogP contribution in [0.3, 0.4) is 0 Å². The average molecular weight is 267 g/mol. The van der Waals surface area contributed by atoms with E-state index in [1.165, 1.54) is 42.4 Å². The monoisotopic (exact) mass is 267 g/mol. The zero-order valence-corrected chi connectivity index (χ0v) is 12.0. The lowest BCUT2D eigenvalue weighted by Gasteiger charge is -2.12. The van der Waals surface area contributed by atoms with Crippen LogP contribution in [0, 0.1) is 11.3 Å². The Labute approximate surface area is 120 Å². The predicted octanol–water partition coefficient (Wildman–Crippen LogP) is 3.22. The van der Waals surface area contributed by atoms with Crippen molar-refractivity contribution >= 4 is 10.9 Å². The van der Waals surface area contributed by atoms with E-state index in [4.69, 9.17) is 5.26 Å². The van der Waals surface area contributed by atoms with Gasteiger partial charge in [0.2, 0.25) is 0 Å². The Bertz CT molecular complexity index is 642. The van der Waals surface area contributed by atoms with E-state index < -0.39 is 0 Å². The van der Waals surface area contributed by atoms with Gasteiger partial charge < -0.3 is 9.88 Å². The van der Waals surface area contributed by atoms with E-state index in [-0.39, 0.29) is 0 Å². The highest BCUT2D eigenvalue weighted by atomic mass is 15.0. The molecule has 20 heavy (non-hydrogen) atoms. The van der Waals surface area contributed by atoms with Gasteiger partial charge in [-0.15, -0.1) is 0 Å². The van der Waals surface area contributed by atoms with E-state index in [0.717, 1.165) is 18.5 Å². The lowest BCUT2D eigenvalue weighted by atomic mass is 10.1. The molecule has 3 heteroatoms. The summed E-state index contributed by atoms with van der Waals surface area (Å²) in [5, 5.41) is 13.9. The summed E-state index contributed by atoms with van der Waals surface area (Å²) in [5.74, 6) is 0. The fraction of sp³-hybridized carbons (Fsp3) is 0.471. The van der Waals surface area contributed by atoms with Crippen molar-refractivity contribution in [2.45, 2.75) is 45.2 Å². The Morgan fingerprint density at radius 2 is 2.30 bits per heavy atom. The summed E-state index contributed by atoms with van der Waals surface area (Å²) in [7, 11) is 0. The first-order chi connectivity index (χ1) is 9.81. The number of hydrogen-bond acceptors (Lipinski definition) is 2. The SMILES string of the molecule is CCn1c(CC[C@@H]2CCCN2)cc2ccc(C#N)cc21. The minimum atomic E-state index is 0.688. The number of rotatable bonds is 4. The maximum absolute atomic E-state index is 9.05. The van der Waals surface area contributed by atoms with Crippen molar-refractivity contribution in [2.75, 3.05) is 6.54 Å². The van der Waals surface area contributed by atoms with Crippen molar-refractivity contribution in [3.63, 3.8) is 0 Å². The number of fused-ring (bicyclic) bond motifs is 1. The van der Waals surface area contributed by atoms with Crippen LogP contribution in [0.2, 0.25) is 0 Å². The molecule has 1 aliphatic rings. The smallest absolute Gasteiger partial charge is 0.0992 e. The Kier molecular flexibility index (Phi) is 3.75. The van der Waals surface area contributed by atoms with Gasteiger partial charge in [-0.1, -0.05) is 6.07 Å². The lowest BCUT2D eigenvalue weighted by Crippen LogP contribution is -2.22. The van der Waals surface area contributed by atoms with E-state index in [1.54, 1.807) is 0 Å². The molecule has 3 rings (SSSR count). The van der Waals surface area contributed by atoms with Crippen molar-refractivity contribution in [3.8, 4) is 6.07 Å². The number of benzene rings is 1. The summed E-state index contributed by atoms with van der Waals surface area (Å²) in [4.78, 5) is 0. The summed E-state index contributed by atoms with van der Waals surface area (Å²) in [6, 6.07) is 11.2. The van der Waals surface area contributed by atoms with Crippen LogP contribution in [0.4, 0.5) is 0 Å². The minimum Gasteiger partial charge on any atom is -0.345 e. The fourth-order valence-corrected chi connectivity index (χ4v) is 3.29. The first-order valence-corrected chi connectivity index (χ1v) is 7.57. The molecule has 0 saturated carbocycles. The second-order valence-electron chi connectivity index (χ2n) is 5.60. The molecule has 104 valence electrons. The summed E-state index contributed by atoms with van der Waals surface area (Å²) >= 11 is 0. The van der Waals surface area contributed by atoms with E-state index >= 15 is 0 Å². The third-order valence-corrected chi connectivity index (χ3v) is 4.35. The van der Waals surface area contributed by atoms with Crippen molar-refractivity contribution < 1.29 is 0 Å². The first kappa shape index (κ1) is 13.2. The highest BCUT2D eigenvalue weighted by Crippen LogP contribution is 2.23. The van der Waals surface area contributed by atoms with Crippen LogP contribution in [0.15, 0.2) is 24.3 Å². The van der Waals surface area contributed by atoms with Gasteiger partial charge in [0.05, 0.1) is 11.6 Å². The zero-order chi connectivity index (χ0) is 13.9. The molecule has 0 unspecified atom stereocenters.